The first-order valence-corrected chi connectivity index (χ1v) is 5.55. The number of carbonyl (C=O) groups is 2. The van der Waals surface area contributed by atoms with Gasteiger partial charge in [-0.2, -0.15) is 0 Å². The smallest absolute Gasteiger partial charge is 0.253 e. The quantitative estimate of drug-likeness (QED) is 0.523. The number of nitrogens with one attached hydrogen (secondary N) is 2. The van der Waals surface area contributed by atoms with Crippen LogP contribution in [0.5, 0.6) is 0 Å². The first kappa shape index (κ1) is 10.7. The second-order valence-electron chi connectivity index (χ2n) is 3.33. The Morgan fingerprint density at radius 1 is 1.69 bits per heavy atom. The van der Waals surface area contributed by atoms with Gasteiger partial charge in [-0.05, 0) is 11.4 Å². The number of rotatable bonds is 3. The zero-order valence-corrected chi connectivity index (χ0v) is 9.08. The van der Waals surface area contributed by atoms with Crippen molar-refractivity contribution in [1.82, 2.24) is 10.6 Å². The molecule has 0 aliphatic carbocycles. The Kier molecular flexibility index (Phi) is 2.91. The Hall–Kier alpha value is -1.82. The van der Waals surface area contributed by atoms with Crippen LogP contribution in [0.1, 0.15) is 4.88 Å². The van der Waals surface area contributed by atoms with Crippen LogP contribution >= 0.6 is 11.3 Å². The lowest BCUT2D eigenvalue weighted by Gasteiger charge is -2.29. The monoisotopic (exact) mass is 238 g/mol. The van der Waals surface area contributed by atoms with E-state index in [1.54, 1.807) is 0 Å². The highest BCUT2D eigenvalue weighted by molar-refractivity contribution is 7.10. The summed E-state index contributed by atoms with van der Waals surface area (Å²) in [5.41, 5.74) is 0.324. The Balaban J connectivity index is 1.90. The van der Waals surface area contributed by atoms with Gasteiger partial charge >= 0.3 is 0 Å². The average molecular weight is 238 g/mol. The summed E-state index contributed by atoms with van der Waals surface area (Å²) in [6, 6.07) is 2.99. The Bertz CT molecular complexity index is 439. The van der Waals surface area contributed by atoms with Gasteiger partial charge in [-0.1, -0.05) is 6.07 Å². The minimum Gasteiger partial charge on any atom is -0.514 e. The van der Waals surface area contributed by atoms with Crippen molar-refractivity contribution >= 4 is 23.2 Å². The molecule has 1 saturated heterocycles. The molecule has 0 aromatic carbocycles. The molecule has 0 saturated carbocycles. The van der Waals surface area contributed by atoms with E-state index in [1.807, 2.05) is 17.5 Å². The van der Waals surface area contributed by atoms with Gasteiger partial charge in [-0.25, -0.2) is 0 Å². The molecule has 2 amide bonds. The van der Waals surface area contributed by atoms with Gasteiger partial charge in [0.15, 0.2) is 6.04 Å². The molecule has 1 aliphatic rings. The molecular formula is C10H10N2O3S. The molecule has 3 N–H and O–H groups in total. The molecular weight excluding hydrogens is 228 g/mol. The minimum atomic E-state index is -0.725. The molecule has 1 aromatic rings. The van der Waals surface area contributed by atoms with Crippen molar-refractivity contribution in [2.24, 2.45) is 0 Å². The first-order chi connectivity index (χ1) is 7.70. The minimum absolute atomic E-state index is 0.235. The van der Waals surface area contributed by atoms with Crippen LogP contribution in [0.15, 0.2) is 29.5 Å². The van der Waals surface area contributed by atoms with Crippen LogP contribution in [-0.4, -0.2) is 23.0 Å². The maximum atomic E-state index is 11.5. The second kappa shape index (κ2) is 4.36. The SMILES string of the molecule is O=C(Cc1cccs1)NC1C(=O)N/C1=C/O. The van der Waals surface area contributed by atoms with Crippen LogP contribution in [0, 0.1) is 0 Å². The van der Waals surface area contributed by atoms with E-state index in [4.69, 9.17) is 5.11 Å². The first-order valence-electron chi connectivity index (χ1n) is 4.67. The summed E-state index contributed by atoms with van der Waals surface area (Å²) in [5.74, 6) is -0.540. The summed E-state index contributed by atoms with van der Waals surface area (Å²) in [5, 5.41) is 15.5. The summed E-state index contributed by atoms with van der Waals surface area (Å²) in [6.45, 7) is 0. The van der Waals surface area contributed by atoms with Gasteiger partial charge in [-0.3, -0.25) is 9.59 Å². The van der Waals surface area contributed by atoms with Crippen molar-refractivity contribution < 1.29 is 14.7 Å². The Morgan fingerprint density at radius 3 is 3.06 bits per heavy atom. The van der Waals surface area contributed by atoms with E-state index in [9.17, 15) is 9.59 Å². The number of thiophene rings is 1. The van der Waals surface area contributed by atoms with Crippen molar-refractivity contribution in [1.29, 1.82) is 0 Å². The highest BCUT2D eigenvalue weighted by atomic mass is 32.1. The lowest BCUT2D eigenvalue weighted by atomic mass is 10.1. The lowest BCUT2D eigenvalue weighted by molar-refractivity contribution is -0.130. The molecule has 6 heteroatoms. The fraction of sp³-hybridized carbons (Fsp3) is 0.200. The number of hydrogen-bond donors (Lipinski definition) is 3. The topological polar surface area (TPSA) is 78.4 Å². The van der Waals surface area contributed by atoms with Gasteiger partial charge in [0.05, 0.1) is 12.1 Å². The lowest BCUT2D eigenvalue weighted by Crippen LogP contribution is -2.59. The van der Waals surface area contributed by atoms with Crippen molar-refractivity contribution in [3.8, 4) is 0 Å². The molecule has 0 radical (unpaired) electrons. The number of β-lactam (4-membered cyclic amide) rings is 1. The summed E-state index contributed by atoms with van der Waals surface area (Å²) >= 11 is 1.49. The molecule has 1 aromatic heterocycles. The van der Waals surface area contributed by atoms with Crippen molar-refractivity contribution in [2.75, 3.05) is 0 Å². The molecule has 0 spiro atoms. The summed E-state index contributed by atoms with van der Waals surface area (Å²) in [6.07, 6.45) is 1.04. The molecule has 2 rings (SSSR count). The number of carbonyl (C=O) groups excluding carboxylic acids is 2. The second-order valence-corrected chi connectivity index (χ2v) is 4.36. The zero-order chi connectivity index (χ0) is 11.5. The van der Waals surface area contributed by atoms with Crippen LogP contribution in [-0.2, 0) is 16.0 Å². The van der Waals surface area contributed by atoms with Crippen LogP contribution < -0.4 is 10.6 Å². The average Bonchev–Trinajstić information content (AvgIpc) is 2.75. The van der Waals surface area contributed by atoms with E-state index in [1.165, 1.54) is 11.3 Å². The predicted molar refractivity (Wildman–Crippen MR) is 58.8 cm³/mol. The van der Waals surface area contributed by atoms with E-state index in [2.05, 4.69) is 10.6 Å². The van der Waals surface area contributed by atoms with E-state index in [0.717, 1.165) is 11.1 Å². The van der Waals surface area contributed by atoms with E-state index < -0.39 is 6.04 Å². The van der Waals surface area contributed by atoms with Crippen LogP contribution in [0.3, 0.4) is 0 Å². The third kappa shape index (κ3) is 2.06. The van der Waals surface area contributed by atoms with E-state index in [0.29, 0.717) is 5.70 Å². The van der Waals surface area contributed by atoms with Crippen LogP contribution in [0.2, 0.25) is 0 Å². The molecule has 2 heterocycles. The molecule has 5 nitrogen and oxygen atoms in total. The molecule has 16 heavy (non-hydrogen) atoms. The molecule has 1 aliphatic heterocycles. The molecule has 84 valence electrons. The molecule has 1 unspecified atom stereocenters. The molecule has 0 bridgehead atoms. The van der Waals surface area contributed by atoms with Gasteiger partial charge in [0, 0.05) is 4.88 Å². The van der Waals surface area contributed by atoms with Gasteiger partial charge in [0.25, 0.3) is 5.91 Å². The van der Waals surface area contributed by atoms with Crippen LogP contribution in [0.4, 0.5) is 0 Å². The zero-order valence-electron chi connectivity index (χ0n) is 8.27. The standard InChI is InChI=1S/C10H10N2O3S/c13-5-7-9(10(15)11-7)12-8(14)4-6-2-1-3-16-6/h1-3,5,9,13H,4H2,(H,11,15)(H,12,14)/b7-5+. The fourth-order valence-electron chi connectivity index (χ4n) is 1.38. The third-order valence-corrected chi connectivity index (χ3v) is 3.08. The van der Waals surface area contributed by atoms with Crippen LogP contribution in [0.25, 0.3) is 0 Å². The fourth-order valence-corrected chi connectivity index (χ4v) is 2.09. The van der Waals surface area contributed by atoms with Crippen molar-refractivity contribution in [2.45, 2.75) is 12.5 Å². The van der Waals surface area contributed by atoms with Crippen molar-refractivity contribution in [3.63, 3.8) is 0 Å². The van der Waals surface area contributed by atoms with E-state index in [-0.39, 0.29) is 18.2 Å². The highest BCUT2D eigenvalue weighted by Crippen LogP contribution is 2.12. The normalized spacial score (nSPS) is 21.4. The van der Waals surface area contributed by atoms with Gasteiger partial charge in [0.1, 0.15) is 6.26 Å². The molecule has 1 atom stereocenters. The summed E-state index contributed by atoms with van der Waals surface area (Å²) in [7, 11) is 0. The number of amides is 2. The van der Waals surface area contributed by atoms with Gasteiger partial charge in [-0.15, -0.1) is 11.3 Å². The number of hydrogen-bond acceptors (Lipinski definition) is 4. The maximum absolute atomic E-state index is 11.5. The summed E-state index contributed by atoms with van der Waals surface area (Å²) in [4.78, 5) is 23.5. The van der Waals surface area contributed by atoms with Gasteiger partial charge in [0.2, 0.25) is 5.91 Å². The van der Waals surface area contributed by atoms with Gasteiger partial charge < -0.3 is 15.7 Å². The third-order valence-electron chi connectivity index (χ3n) is 2.20. The number of aliphatic hydroxyl groups is 1. The Morgan fingerprint density at radius 2 is 2.50 bits per heavy atom. The van der Waals surface area contributed by atoms with E-state index >= 15 is 0 Å². The maximum Gasteiger partial charge on any atom is 0.253 e. The predicted octanol–water partition coefficient (Wildman–Crippen LogP) is 0.305. The largest absolute Gasteiger partial charge is 0.514 e. The van der Waals surface area contributed by atoms with Crippen molar-refractivity contribution in [3.05, 3.63) is 34.3 Å². The highest BCUT2D eigenvalue weighted by Gasteiger charge is 2.35. The molecule has 1 fully saturated rings. The summed E-state index contributed by atoms with van der Waals surface area (Å²) < 4.78 is 0. The Labute approximate surface area is 95.8 Å². The number of aliphatic hydroxyl groups excluding tert-OH is 1.